The molecule has 106 valence electrons. The summed E-state index contributed by atoms with van der Waals surface area (Å²) in [6, 6.07) is 0. The topological polar surface area (TPSA) is 80.9 Å². The van der Waals surface area contributed by atoms with Crippen molar-refractivity contribution in [2.24, 2.45) is 5.41 Å². The van der Waals surface area contributed by atoms with Gasteiger partial charge in [-0.05, 0) is 49.3 Å². The van der Waals surface area contributed by atoms with E-state index in [0.29, 0.717) is 13.0 Å². The molecule has 0 aromatic carbocycles. The molecule has 2 rings (SSSR count). The van der Waals surface area contributed by atoms with E-state index < -0.39 is 11.4 Å². The second kappa shape index (κ2) is 5.11. The minimum Gasteiger partial charge on any atom is -0.481 e. The standard InChI is InChI=1S/C12H20N4O2S/c1-4-11(2,10(17)18)8-16-9(13-14-15-16)12(3)6-5-7-19-12/h4-8H2,1-3H3,(H,17,18). The van der Waals surface area contributed by atoms with Crippen LogP contribution in [-0.2, 0) is 16.1 Å². The second-order valence-electron chi connectivity index (χ2n) is 5.56. The molecule has 1 N–H and O–H groups in total. The van der Waals surface area contributed by atoms with E-state index >= 15 is 0 Å². The van der Waals surface area contributed by atoms with Crippen LogP contribution in [0, 0.1) is 5.41 Å². The highest BCUT2D eigenvalue weighted by Gasteiger charge is 2.39. The highest BCUT2D eigenvalue weighted by atomic mass is 32.2. The van der Waals surface area contributed by atoms with Crippen molar-refractivity contribution in [1.29, 1.82) is 0 Å². The van der Waals surface area contributed by atoms with Crippen molar-refractivity contribution >= 4 is 17.7 Å². The van der Waals surface area contributed by atoms with Crippen molar-refractivity contribution in [3.63, 3.8) is 0 Å². The zero-order valence-electron chi connectivity index (χ0n) is 11.6. The van der Waals surface area contributed by atoms with E-state index in [0.717, 1.165) is 24.4 Å². The van der Waals surface area contributed by atoms with Crippen molar-refractivity contribution in [2.45, 2.75) is 51.3 Å². The number of hydrogen-bond acceptors (Lipinski definition) is 5. The molecular weight excluding hydrogens is 264 g/mol. The lowest BCUT2D eigenvalue weighted by atomic mass is 9.87. The third-order valence-electron chi connectivity index (χ3n) is 4.02. The third-order valence-corrected chi connectivity index (χ3v) is 5.54. The second-order valence-corrected chi connectivity index (χ2v) is 7.16. The summed E-state index contributed by atoms with van der Waals surface area (Å²) in [4.78, 5) is 11.4. The summed E-state index contributed by atoms with van der Waals surface area (Å²) in [5.41, 5.74) is -0.830. The molecule has 6 nitrogen and oxygen atoms in total. The van der Waals surface area contributed by atoms with Crippen LogP contribution in [0.3, 0.4) is 0 Å². The van der Waals surface area contributed by atoms with Crippen molar-refractivity contribution in [3.8, 4) is 0 Å². The largest absolute Gasteiger partial charge is 0.481 e. The fourth-order valence-electron chi connectivity index (χ4n) is 2.31. The van der Waals surface area contributed by atoms with Gasteiger partial charge in [-0.1, -0.05) is 6.92 Å². The number of aromatic nitrogens is 4. The summed E-state index contributed by atoms with van der Waals surface area (Å²) in [6.45, 7) is 6.07. The van der Waals surface area contributed by atoms with Crippen LogP contribution in [0.25, 0.3) is 0 Å². The molecule has 1 aliphatic heterocycles. The van der Waals surface area contributed by atoms with Crippen molar-refractivity contribution < 1.29 is 9.90 Å². The molecule has 19 heavy (non-hydrogen) atoms. The van der Waals surface area contributed by atoms with Crippen LogP contribution in [0.4, 0.5) is 0 Å². The normalized spacial score (nSPS) is 26.3. The molecule has 0 bridgehead atoms. The summed E-state index contributed by atoms with van der Waals surface area (Å²) in [7, 11) is 0. The minimum absolute atomic E-state index is 0.0867. The van der Waals surface area contributed by atoms with E-state index in [1.165, 1.54) is 0 Å². The Kier molecular flexibility index (Phi) is 3.85. The summed E-state index contributed by atoms with van der Waals surface area (Å²) in [6.07, 6.45) is 2.73. The van der Waals surface area contributed by atoms with Gasteiger partial charge in [-0.15, -0.1) is 16.9 Å². The third kappa shape index (κ3) is 2.61. The van der Waals surface area contributed by atoms with Gasteiger partial charge in [-0.2, -0.15) is 0 Å². The zero-order chi connectivity index (χ0) is 14.1. The minimum atomic E-state index is -0.830. The Morgan fingerprint density at radius 2 is 2.37 bits per heavy atom. The van der Waals surface area contributed by atoms with Crippen LogP contribution in [0.1, 0.15) is 45.9 Å². The Hall–Kier alpha value is -1.11. The lowest BCUT2D eigenvalue weighted by Gasteiger charge is -2.26. The highest BCUT2D eigenvalue weighted by molar-refractivity contribution is 8.00. The van der Waals surface area contributed by atoms with Gasteiger partial charge in [0, 0.05) is 0 Å². The van der Waals surface area contributed by atoms with E-state index in [4.69, 9.17) is 0 Å². The quantitative estimate of drug-likeness (QED) is 0.889. The van der Waals surface area contributed by atoms with Crippen LogP contribution in [-0.4, -0.2) is 37.0 Å². The average Bonchev–Trinajstić information content (AvgIpc) is 2.98. The Morgan fingerprint density at radius 3 is 2.89 bits per heavy atom. The maximum atomic E-state index is 11.4. The van der Waals surface area contributed by atoms with Crippen molar-refractivity contribution in [2.75, 3.05) is 5.75 Å². The molecular formula is C12H20N4O2S. The molecule has 0 radical (unpaired) electrons. The Balaban J connectivity index is 2.27. The molecule has 1 aliphatic rings. The molecule has 1 fully saturated rings. The van der Waals surface area contributed by atoms with Crippen LogP contribution in [0.2, 0.25) is 0 Å². The molecule has 0 spiro atoms. The lowest BCUT2D eigenvalue weighted by Crippen LogP contribution is -2.34. The lowest BCUT2D eigenvalue weighted by molar-refractivity contribution is -0.149. The number of rotatable bonds is 5. The first kappa shape index (κ1) is 14.3. The molecule has 0 amide bonds. The van der Waals surface area contributed by atoms with Gasteiger partial charge in [-0.3, -0.25) is 4.79 Å². The fourth-order valence-corrected chi connectivity index (χ4v) is 3.61. The molecule has 7 heteroatoms. The maximum Gasteiger partial charge on any atom is 0.311 e. The van der Waals surface area contributed by atoms with Gasteiger partial charge in [0.15, 0.2) is 5.82 Å². The smallest absolute Gasteiger partial charge is 0.311 e. The van der Waals surface area contributed by atoms with Gasteiger partial charge >= 0.3 is 5.97 Å². The molecule has 1 aromatic rings. The van der Waals surface area contributed by atoms with Gasteiger partial charge in [-0.25, -0.2) is 4.68 Å². The van der Waals surface area contributed by atoms with Gasteiger partial charge in [0.1, 0.15) is 0 Å². The van der Waals surface area contributed by atoms with Gasteiger partial charge in [0.2, 0.25) is 0 Å². The van der Waals surface area contributed by atoms with Gasteiger partial charge < -0.3 is 5.11 Å². The SMILES string of the molecule is CCC(C)(Cn1nnnc1C1(C)CCCS1)C(=O)O. The first-order chi connectivity index (χ1) is 8.91. The summed E-state index contributed by atoms with van der Waals surface area (Å²) < 4.78 is 1.59. The number of tetrazole rings is 1. The molecule has 1 aromatic heterocycles. The number of nitrogens with zero attached hydrogens (tertiary/aromatic N) is 4. The van der Waals surface area contributed by atoms with E-state index in [-0.39, 0.29) is 4.75 Å². The van der Waals surface area contributed by atoms with E-state index in [9.17, 15) is 9.90 Å². The Bertz CT molecular complexity index is 470. The van der Waals surface area contributed by atoms with Crippen LogP contribution in [0.15, 0.2) is 0 Å². The average molecular weight is 284 g/mol. The number of thioether (sulfide) groups is 1. The predicted molar refractivity (Wildman–Crippen MR) is 72.9 cm³/mol. The zero-order valence-corrected chi connectivity index (χ0v) is 12.4. The van der Waals surface area contributed by atoms with Gasteiger partial charge in [0.05, 0.1) is 16.7 Å². The van der Waals surface area contributed by atoms with Crippen LogP contribution < -0.4 is 0 Å². The summed E-state index contributed by atoms with van der Waals surface area (Å²) >= 11 is 1.85. The maximum absolute atomic E-state index is 11.4. The predicted octanol–water partition coefficient (Wildman–Crippen LogP) is 1.92. The Labute approximate surface area is 117 Å². The van der Waals surface area contributed by atoms with Crippen molar-refractivity contribution in [3.05, 3.63) is 5.82 Å². The summed E-state index contributed by atoms with van der Waals surface area (Å²) in [5.74, 6) is 1.10. The summed E-state index contributed by atoms with van der Waals surface area (Å²) in [5, 5.41) is 21.2. The number of carbonyl (C=O) groups is 1. The van der Waals surface area contributed by atoms with Crippen LogP contribution >= 0.6 is 11.8 Å². The number of aliphatic carboxylic acids is 1. The molecule has 0 aliphatic carbocycles. The number of hydrogen-bond donors (Lipinski definition) is 1. The number of carboxylic acid groups (broad SMARTS) is 1. The molecule has 1 saturated heterocycles. The van der Waals surface area contributed by atoms with Gasteiger partial charge in [0.25, 0.3) is 0 Å². The first-order valence-electron chi connectivity index (χ1n) is 6.55. The monoisotopic (exact) mass is 284 g/mol. The first-order valence-corrected chi connectivity index (χ1v) is 7.54. The van der Waals surface area contributed by atoms with E-state index in [1.54, 1.807) is 11.6 Å². The molecule has 2 heterocycles. The van der Waals surface area contributed by atoms with E-state index in [2.05, 4.69) is 22.4 Å². The molecule has 0 saturated carbocycles. The molecule has 2 atom stereocenters. The Morgan fingerprint density at radius 1 is 1.63 bits per heavy atom. The molecule has 2 unspecified atom stereocenters. The number of carboxylic acids is 1. The fraction of sp³-hybridized carbons (Fsp3) is 0.833. The van der Waals surface area contributed by atoms with E-state index in [1.807, 2.05) is 18.7 Å². The van der Waals surface area contributed by atoms with Crippen LogP contribution in [0.5, 0.6) is 0 Å². The van der Waals surface area contributed by atoms with Crippen molar-refractivity contribution in [1.82, 2.24) is 20.2 Å². The highest BCUT2D eigenvalue weighted by Crippen LogP contribution is 2.45.